The molecule has 3 rings (SSSR count). The quantitative estimate of drug-likeness (QED) is 0.886. The lowest BCUT2D eigenvalue weighted by Crippen LogP contribution is -2.21. The zero-order chi connectivity index (χ0) is 16.1. The van der Waals surface area contributed by atoms with Gasteiger partial charge in [-0.1, -0.05) is 0 Å². The summed E-state index contributed by atoms with van der Waals surface area (Å²) in [5, 5.41) is 5.74. The molecule has 23 heavy (non-hydrogen) atoms. The number of rotatable bonds is 5. The molecule has 2 heterocycles. The molecular formula is C16H17FN4O2. The molecule has 2 N–H and O–H groups in total. The first-order valence-corrected chi connectivity index (χ1v) is 7.46. The summed E-state index contributed by atoms with van der Waals surface area (Å²) in [7, 11) is 0. The van der Waals surface area contributed by atoms with Gasteiger partial charge in [0.2, 0.25) is 5.95 Å². The number of halogens is 1. The summed E-state index contributed by atoms with van der Waals surface area (Å²) in [5.74, 6) is -0.350. The molecule has 1 aromatic carbocycles. The van der Waals surface area contributed by atoms with Gasteiger partial charge in [-0.15, -0.1) is 0 Å². The van der Waals surface area contributed by atoms with Crippen LogP contribution in [0.2, 0.25) is 0 Å². The number of hydrogen-bond donors (Lipinski definition) is 2. The molecule has 7 heteroatoms. The first-order chi connectivity index (χ1) is 11.2. The number of anilines is 2. The van der Waals surface area contributed by atoms with Gasteiger partial charge in [0.05, 0.1) is 6.10 Å². The van der Waals surface area contributed by atoms with Crippen molar-refractivity contribution < 1.29 is 13.9 Å². The van der Waals surface area contributed by atoms with Crippen molar-refractivity contribution in [2.75, 3.05) is 23.8 Å². The van der Waals surface area contributed by atoms with Crippen LogP contribution in [-0.2, 0) is 4.74 Å². The summed E-state index contributed by atoms with van der Waals surface area (Å²) in [5.41, 5.74) is 0.739. The molecule has 0 bridgehead atoms. The number of amides is 1. The number of ether oxygens (including phenoxy) is 1. The Morgan fingerprint density at radius 2 is 2.13 bits per heavy atom. The molecule has 1 atom stereocenters. The fourth-order valence-corrected chi connectivity index (χ4v) is 2.31. The summed E-state index contributed by atoms with van der Waals surface area (Å²) in [6, 6.07) is 7.07. The van der Waals surface area contributed by atoms with Crippen LogP contribution >= 0.6 is 0 Å². The number of nitrogens with one attached hydrogen (secondary N) is 2. The van der Waals surface area contributed by atoms with E-state index in [9.17, 15) is 9.18 Å². The van der Waals surface area contributed by atoms with Gasteiger partial charge in [-0.05, 0) is 43.2 Å². The molecule has 0 aliphatic carbocycles. The maximum absolute atomic E-state index is 12.9. The van der Waals surface area contributed by atoms with Gasteiger partial charge < -0.3 is 15.4 Å². The van der Waals surface area contributed by atoms with E-state index in [-0.39, 0.29) is 23.5 Å². The molecule has 1 amide bonds. The lowest BCUT2D eigenvalue weighted by molar-refractivity contribution is 0.102. The Hall–Kier alpha value is -2.54. The molecule has 120 valence electrons. The molecule has 1 aliphatic rings. The lowest BCUT2D eigenvalue weighted by Gasteiger charge is -2.11. The van der Waals surface area contributed by atoms with Crippen LogP contribution in [0.5, 0.6) is 0 Å². The molecule has 1 aromatic heterocycles. The zero-order valence-electron chi connectivity index (χ0n) is 12.5. The second kappa shape index (κ2) is 7.15. The van der Waals surface area contributed by atoms with Gasteiger partial charge in [0.25, 0.3) is 5.91 Å². The van der Waals surface area contributed by atoms with Crippen LogP contribution in [0.3, 0.4) is 0 Å². The minimum Gasteiger partial charge on any atom is -0.376 e. The lowest BCUT2D eigenvalue weighted by atomic mass is 10.2. The summed E-state index contributed by atoms with van der Waals surface area (Å²) in [4.78, 5) is 20.4. The van der Waals surface area contributed by atoms with E-state index < -0.39 is 0 Å². The highest BCUT2D eigenvalue weighted by atomic mass is 19.1. The number of hydrogen-bond acceptors (Lipinski definition) is 5. The third-order valence-corrected chi connectivity index (χ3v) is 3.50. The Morgan fingerprint density at radius 3 is 2.87 bits per heavy atom. The summed E-state index contributed by atoms with van der Waals surface area (Å²) < 4.78 is 18.4. The van der Waals surface area contributed by atoms with Crippen molar-refractivity contribution in [2.45, 2.75) is 18.9 Å². The topological polar surface area (TPSA) is 76.1 Å². The van der Waals surface area contributed by atoms with Gasteiger partial charge in [-0.2, -0.15) is 0 Å². The van der Waals surface area contributed by atoms with Gasteiger partial charge in [-0.25, -0.2) is 14.4 Å². The first kappa shape index (κ1) is 15.4. The molecule has 1 saturated heterocycles. The SMILES string of the molecule is O=C(Nc1ccc(F)cc1)c1ccnc(NCC2CCCO2)n1. The van der Waals surface area contributed by atoms with Crippen molar-refractivity contribution in [3.8, 4) is 0 Å². The normalized spacial score (nSPS) is 17.0. The summed E-state index contributed by atoms with van der Waals surface area (Å²) >= 11 is 0. The highest BCUT2D eigenvalue weighted by Gasteiger charge is 2.16. The average Bonchev–Trinajstić information content (AvgIpc) is 3.09. The van der Waals surface area contributed by atoms with Crippen molar-refractivity contribution in [3.63, 3.8) is 0 Å². The van der Waals surface area contributed by atoms with E-state index in [4.69, 9.17) is 4.74 Å². The second-order valence-electron chi connectivity index (χ2n) is 5.24. The monoisotopic (exact) mass is 316 g/mol. The summed E-state index contributed by atoms with van der Waals surface area (Å²) in [6.45, 7) is 1.40. The van der Waals surface area contributed by atoms with Crippen LogP contribution in [0.25, 0.3) is 0 Å². The summed E-state index contributed by atoms with van der Waals surface area (Å²) in [6.07, 6.45) is 3.76. The zero-order valence-corrected chi connectivity index (χ0v) is 12.5. The van der Waals surface area contributed by atoms with E-state index in [1.807, 2.05) is 0 Å². The van der Waals surface area contributed by atoms with Crippen molar-refractivity contribution in [3.05, 3.63) is 48.0 Å². The van der Waals surface area contributed by atoms with E-state index >= 15 is 0 Å². The Bertz CT molecular complexity index is 672. The molecule has 1 unspecified atom stereocenters. The van der Waals surface area contributed by atoms with E-state index in [1.165, 1.54) is 36.5 Å². The van der Waals surface area contributed by atoms with E-state index in [2.05, 4.69) is 20.6 Å². The Balaban J connectivity index is 1.61. The van der Waals surface area contributed by atoms with Crippen molar-refractivity contribution in [1.82, 2.24) is 9.97 Å². The predicted molar refractivity (Wildman–Crippen MR) is 83.8 cm³/mol. The molecule has 6 nitrogen and oxygen atoms in total. The van der Waals surface area contributed by atoms with Gasteiger partial charge >= 0.3 is 0 Å². The fraction of sp³-hybridized carbons (Fsp3) is 0.312. The molecule has 0 spiro atoms. The standard InChI is InChI=1S/C16H17FN4O2/c17-11-3-5-12(6-4-11)20-15(22)14-7-8-18-16(21-14)19-10-13-2-1-9-23-13/h3-8,13H,1-2,9-10H2,(H,20,22)(H,18,19,21). The Kier molecular flexibility index (Phi) is 4.77. The van der Waals surface area contributed by atoms with E-state index in [0.717, 1.165) is 19.4 Å². The number of aromatic nitrogens is 2. The van der Waals surface area contributed by atoms with Crippen LogP contribution in [-0.4, -0.2) is 35.1 Å². The molecule has 1 fully saturated rings. The molecule has 0 saturated carbocycles. The average molecular weight is 316 g/mol. The van der Waals surface area contributed by atoms with Crippen LogP contribution in [0.15, 0.2) is 36.5 Å². The van der Waals surface area contributed by atoms with Crippen LogP contribution in [0, 0.1) is 5.82 Å². The van der Waals surface area contributed by atoms with Crippen LogP contribution in [0.4, 0.5) is 16.0 Å². The third-order valence-electron chi connectivity index (χ3n) is 3.50. The Labute approximate surface area is 133 Å². The van der Waals surface area contributed by atoms with Crippen molar-refractivity contribution in [2.24, 2.45) is 0 Å². The number of carbonyl (C=O) groups excluding carboxylic acids is 1. The van der Waals surface area contributed by atoms with Crippen molar-refractivity contribution in [1.29, 1.82) is 0 Å². The van der Waals surface area contributed by atoms with Crippen LogP contribution in [0.1, 0.15) is 23.3 Å². The second-order valence-corrected chi connectivity index (χ2v) is 5.24. The van der Waals surface area contributed by atoms with Crippen molar-refractivity contribution >= 4 is 17.5 Å². The highest BCUT2D eigenvalue weighted by Crippen LogP contribution is 2.13. The minimum absolute atomic E-state index is 0.162. The molecular weight excluding hydrogens is 299 g/mol. The van der Waals surface area contributed by atoms with Gasteiger partial charge in [0.1, 0.15) is 11.5 Å². The third kappa shape index (κ3) is 4.23. The van der Waals surface area contributed by atoms with E-state index in [1.54, 1.807) is 0 Å². The fourth-order valence-electron chi connectivity index (χ4n) is 2.31. The molecule has 2 aromatic rings. The number of nitrogens with zero attached hydrogens (tertiary/aromatic N) is 2. The number of carbonyl (C=O) groups is 1. The largest absolute Gasteiger partial charge is 0.376 e. The smallest absolute Gasteiger partial charge is 0.274 e. The van der Waals surface area contributed by atoms with E-state index in [0.29, 0.717) is 18.2 Å². The first-order valence-electron chi connectivity index (χ1n) is 7.46. The maximum Gasteiger partial charge on any atom is 0.274 e. The van der Waals surface area contributed by atoms with Gasteiger partial charge in [0.15, 0.2) is 0 Å². The minimum atomic E-state index is -0.376. The Morgan fingerprint density at radius 1 is 1.30 bits per heavy atom. The predicted octanol–water partition coefficient (Wildman–Crippen LogP) is 2.46. The molecule has 1 aliphatic heterocycles. The van der Waals surface area contributed by atoms with Gasteiger partial charge in [-0.3, -0.25) is 4.79 Å². The maximum atomic E-state index is 12.9. The molecule has 0 radical (unpaired) electrons. The highest BCUT2D eigenvalue weighted by molar-refractivity contribution is 6.02. The van der Waals surface area contributed by atoms with Gasteiger partial charge in [0, 0.05) is 25.0 Å². The number of benzene rings is 1. The van der Waals surface area contributed by atoms with Crippen LogP contribution < -0.4 is 10.6 Å².